The third-order valence-corrected chi connectivity index (χ3v) is 6.97. The molecule has 3 aromatic rings. The van der Waals surface area contributed by atoms with E-state index in [2.05, 4.69) is 10.7 Å². The number of hydrogen-bond donors (Lipinski definition) is 2. The number of amides is 3. The molecule has 1 aliphatic heterocycles. The molecule has 0 atom stereocenters. The van der Waals surface area contributed by atoms with Crippen molar-refractivity contribution in [3.8, 4) is 5.75 Å². The minimum Gasteiger partial charge on any atom is -0.488 e. The SMILES string of the molecule is O=C(Nc1ccc(Cl)c(Cl)c1)NN1C(=O)/C(=C/c2ccccc2OCc2ccc([N+](=O)[O-])cc2)SC1=S. The molecule has 1 heterocycles. The van der Waals surface area contributed by atoms with E-state index in [9.17, 15) is 19.7 Å². The average Bonchev–Trinajstić information content (AvgIpc) is 3.13. The van der Waals surface area contributed by atoms with Gasteiger partial charge in [0.15, 0.2) is 4.32 Å². The summed E-state index contributed by atoms with van der Waals surface area (Å²) < 4.78 is 6.03. The number of nitro groups is 1. The average molecular weight is 575 g/mol. The van der Waals surface area contributed by atoms with Gasteiger partial charge in [0.2, 0.25) is 0 Å². The first-order valence-electron chi connectivity index (χ1n) is 10.5. The summed E-state index contributed by atoms with van der Waals surface area (Å²) in [7, 11) is 0. The molecule has 3 aromatic carbocycles. The molecule has 13 heteroatoms. The van der Waals surface area contributed by atoms with E-state index in [1.54, 1.807) is 48.5 Å². The van der Waals surface area contributed by atoms with E-state index in [-0.39, 0.29) is 26.5 Å². The first-order valence-corrected chi connectivity index (χ1v) is 12.4. The molecule has 9 nitrogen and oxygen atoms in total. The molecule has 1 fully saturated rings. The molecule has 2 N–H and O–H groups in total. The fraction of sp³-hybridized carbons (Fsp3) is 0.0417. The lowest BCUT2D eigenvalue weighted by Gasteiger charge is -2.16. The van der Waals surface area contributed by atoms with Crippen LogP contribution in [0.25, 0.3) is 6.08 Å². The van der Waals surface area contributed by atoms with Crippen LogP contribution in [0.3, 0.4) is 0 Å². The van der Waals surface area contributed by atoms with Crippen molar-refractivity contribution in [1.29, 1.82) is 0 Å². The first kappa shape index (κ1) is 26.4. The number of benzene rings is 3. The number of thiocarbonyl (C=S) groups is 1. The summed E-state index contributed by atoms with van der Waals surface area (Å²) in [6.45, 7) is 0.167. The van der Waals surface area contributed by atoms with Crippen LogP contribution in [0.15, 0.2) is 71.6 Å². The molecular weight excluding hydrogens is 559 g/mol. The van der Waals surface area contributed by atoms with Crippen LogP contribution >= 0.6 is 47.2 Å². The number of nitrogens with zero attached hydrogens (tertiary/aromatic N) is 2. The highest BCUT2D eigenvalue weighted by Gasteiger charge is 2.34. The van der Waals surface area contributed by atoms with E-state index >= 15 is 0 Å². The molecule has 0 bridgehead atoms. The van der Waals surface area contributed by atoms with Gasteiger partial charge in [-0.25, -0.2) is 10.2 Å². The van der Waals surface area contributed by atoms with Gasteiger partial charge in [-0.05, 0) is 60.3 Å². The standard InChI is InChI=1S/C24H16Cl2N4O5S2/c25-18-10-7-16(12-19(18)26)27-23(32)28-29-22(31)21(37-24(29)36)11-15-3-1-2-4-20(15)35-13-14-5-8-17(9-6-14)30(33)34/h1-12H,13H2,(H2,27,28,32)/b21-11-. The molecule has 0 aromatic heterocycles. The lowest BCUT2D eigenvalue weighted by molar-refractivity contribution is -0.384. The minimum atomic E-state index is -0.692. The molecule has 0 aliphatic carbocycles. The van der Waals surface area contributed by atoms with Crippen molar-refractivity contribution in [2.45, 2.75) is 6.61 Å². The minimum absolute atomic E-state index is 0.00886. The van der Waals surface area contributed by atoms with Gasteiger partial charge in [0, 0.05) is 23.4 Å². The summed E-state index contributed by atoms with van der Waals surface area (Å²) in [6, 6.07) is 17.0. The Morgan fingerprint density at radius 2 is 1.84 bits per heavy atom. The number of halogens is 2. The maximum absolute atomic E-state index is 13.0. The number of urea groups is 1. The third-order valence-electron chi connectivity index (χ3n) is 4.93. The number of hydrogen-bond acceptors (Lipinski definition) is 7. The fourth-order valence-corrected chi connectivity index (χ4v) is 4.61. The first-order chi connectivity index (χ1) is 17.7. The summed E-state index contributed by atoms with van der Waals surface area (Å²) in [5.74, 6) is -0.0131. The number of carbonyl (C=O) groups excluding carboxylic acids is 2. The number of non-ortho nitro benzene ring substituents is 1. The van der Waals surface area contributed by atoms with E-state index in [1.165, 1.54) is 24.3 Å². The van der Waals surface area contributed by atoms with Crippen molar-refractivity contribution < 1.29 is 19.2 Å². The predicted molar refractivity (Wildman–Crippen MR) is 147 cm³/mol. The van der Waals surface area contributed by atoms with Crippen LogP contribution in [-0.2, 0) is 11.4 Å². The highest BCUT2D eigenvalue weighted by atomic mass is 35.5. The zero-order valence-corrected chi connectivity index (χ0v) is 21.8. The lowest BCUT2D eigenvalue weighted by atomic mass is 10.1. The summed E-state index contributed by atoms with van der Waals surface area (Å²) >= 11 is 18.1. The van der Waals surface area contributed by atoms with Crippen LogP contribution in [0.5, 0.6) is 5.75 Å². The molecule has 4 rings (SSSR count). The van der Waals surface area contributed by atoms with Crippen molar-refractivity contribution in [3.63, 3.8) is 0 Å². The van der Waals surface area contributed by atoms with Gasteiger partial charge in [0.1, 0.15) is 12.4 Å². The largest absolute Gasteiger partial charge is 0.488 e. The van der Waals surface area contributed by atoms with Gasteiger partial charge in [0.25, 0.3) is 11.6 Å². The second-order valence-corrected chi connectivity index (χ2v) is 9.95. The number of para-hydroxylation sites is 1. The molecule has 0 radical (unpaired) electrons. The van der Waals surface area contributed by atoms with Crippen molar-refractivity contribution in [3.05, 3.63) is 103 Å². The highest BCUT2D eigenvalue weighted by Crippen LogP contribution is 2.33. The number of anilines is 1. The van der Waals surface area contributed by atoms with Crippen molar-refractivity contribution in [1.82, 2.24) is 10.4 Å². The second kappa shape index (κ2) is 11.6. The Labute approximate surface area is 230 Å². The topological polar surface area (TPSA) is 114 Å². The van der Waals surface area contributed by atoms with Crippen LogP contribution < -0.4 is 15.5 Å². The van der Waals surface area contributed by atoms with Crippen LogP contribution in [0.1, 0.15) is 11.1 Å². The molecule has 188 valence electrons. The predicted octanol–water partition coefficient (Wildman–Crippen LogP) is 6.42. The monoisotopic (exact) mass is 574 g/mol. The smallest absolute Gasteiger partial charge is 0.338 e. The van der Waals surface area contributed by atoms with Crippen LogP contribution in [0, 0.1) is 10.1 Å². The van der Waals surface area contributed by atoms with Gasteiger partial charge < -0.3 is 10.1 Å². The van der Waals surface area contributed by atoms with Gasteiger partial charge in [0.05, 0.1) is 19.9 Å². The van der Waals surface area contributed by atoms with E-state index in [1.807, 2.05) is 0 Å². The van der Waals surface area contributed by atoms with E-state index in [0.29, 0.717) is 22.0 Å². The Morgan fingerprint density at radius 3 is 2.54 bits per heavy atom. The number of nitro benzene ring substituents is 1. The molecule has 1 saturated heterocycles. The maximum atomic E-state index is 13.0. The van der Waals surface area contributed by atoms with Gasteiger partial charge >= 0.3 is 6.03 Å². The van der Waals surface area contributed by atoms with Gasteiger partial charge in [-0.3, -0.25) is 14.9 Å². The third kappa shape index (κ3) is 6.57. The molecule has 0 saturated carbocycles. The number of nitrogens with one attached hydrogen (secondary N) is 2. The number of hydrazine groups is 1. The van der Waals surface area contributed by atoms with Gasteiger partial charge in [-0.1, -0.05) is 53.2 Å². The molecule has 0 spiro atoms. The fourth-order valence-electron chi connectivity index (χ4n) is 3.15. The van der Waals surface area contributed by atoms with Crippen molar-refractivity contribution in [2.75, 3.05) is 5.32 Å². The van der Waals surface area contributed by atoms with Gasteiger partial charge in [-0.2, -0.15) is 5.01 Å². The molecule has 3 amide bonds. The van der Waals surface area contributed by atoms with E-state index in [4.69, 9.17) is 40.2 Å². The van der Waals surface area contributed by atoms with Crippen LogP contribution in [-0.4, -0.2) is 26.2 Å². The van der Waals surface area contributed by atoms with Crippen LogP contribution in [0.4, 0.5) is 16.2 Å². The highest BCUT2D eigenvalue weighted by molar-refractivity contribution is 8.26. The Bertz CT molecular complexity index is 1430. The Morgan fingerprint density at radius 1 is 1.11 bits per heavy atom. The van der Waals surface area contributed by atoms with Crippen LogP contribution in [0.2, 0.25) is 10.0 Å². The van der Waals surface area contributed by atoms with Gasteiger partial charge in [-0.15, -0.1) is 0 Å². The molecular formula is C24H16Cl2N4O5S2. The summed E-state index contributed by atoms with van der Waals surface area (Å²) in [6.07, 6.45) is 1.61. The second-order valence-electron chi connectivity index (χ2n) is 7.46. The van der Waals surface area contributed by atoms with E-state index < -0.39 is 16.9 Å². The quantitative estimate of drug-likeness (QED) is 0.145. The zero-order chi connectivity index (χ0) is 26.5. The maximum Gasteiger partial charge on any atom is 0.338 e. The van der Waals surface area contributed by atoms with Crippen molar-refractivity contribution in [2.24, 2.45) is 0 Å². The number of thioether (sulfide) groups is 1. The zero-order valence-electron chi connectivity index (χ0n) is 18.6. The Balaban J connectivity index is 1.43. The summed E-state index contributed by atoms with van der Waals surface area (Å²) in [5, 5.41) is 15.0. The Hall–Kier alpha value is -3.64. The summed E-state index contributed by atoms with van der Waals surface area (Å²) in [4.78, 5) is 36.0. The Kier molecular flexibility index (Phi) is 8.29. The van der Waals surface area contributed by atoms with E-state index in [0.717, 1.165) is 22.3 Å². The normalized spacial score (nSPS) is 14.1. The molecule has 0 unspecified atom stereocenters. The molecule has 37 heavy (non-hydrogen) atoms. The number of carbonyl (C=O) groups is 2. The summed E-state index contributed by atoms with van der Waals surface area (Å²) in [5.41, 5.74) is 4.15. The number of rotatable bonds is 7. The lowest BCUT2D eigenvalue weighted by Crippen LogP contribution is -2.46. The number of ether oxygens (including phenoxy) is 1. The molecule has 1 aliphatic rings. The van der Waals surface area contributed by atoms with Crippen molar-refractivity contribution >= 4 is 80.9 Å².